The highest BCUT2D eigenvalue weighted by molar-refractivity contribution is 5.85. The number of aromatic carboxylic acids is 1. The van der Waals surface area contributed by atoms with Crippen molar-refractivity contribution < 1.29 is 14.3 Å². The monoisotopic (exact) mass is 212 g/mol. The predicted molar refractivity (Wildman–Crippen MR) is 56.0 cm³/mol. The number of rotatable bonds is 5. The van der Waals surface area contributed by atoms with Crippen molar-refractivity contribution in [3.8, 4) is 0 Å². The van der Waals surface area contributed by atoms with Crippen LogP contribution in [-0.4, -0.2) is 22.1 Å². The van der Waals surface area contributed by atoms with Crippen LogP contribution in [-0.2, 0) is 0 Å². The maximum atomic E-state index is 10.5. The average Bonchev–Trinajstić information content (AvgIpc) is 2.65. The van der Waals surface area contributed by atoms with Crippen molar-refractivity contribution in [3.05, 3.63) is 12.0 Å². The lowest BCUT2D eigenvalue weighted by Gasteiger charge is -2.18. The van der Waals surface area contributed by atoms with Gasteiger partial charge in [-0.05, 0) is 12.8 Å². The number of aromatic nitrogens is 1. The molecule has 84 valence electrons. The molecule has 1 aromatic heterocycles. The van der Waals surface area contributed by atoms with E-state index in [0.29, 0.717) is 5.92 Å². The maximum absolute atomic E-state index is 10.5. The van der Waals surface area contributed by atoms with E-state index in [1.807, 2.05) is 6.92 Å². The summed E-state index contributed by atoms with van der Waals surface area (Å²) in [7, 11) is 0. The van der Waals surface area contributed by atoms with E-state index in [9.17, 15) is 4.79 Å². The van der Waals surface area contributed by atoms with Crippen LogP contribution in [0.25, 0.3) is 0 Å². The Morgan fingerprint density at radius 2 is 2.33 bits per heavy atom. The Balaban J connectivity index is 2.61. The van der Waals surface area contributed by atoms with Gasteiger partial charge in [-0.15, -0.1) is 0 Å². The molecule has 0 amide bonds. The number of carboxylic acid groups (broad SMARTS) is 1. The van der Waals surface area contributed by atoms with Gasteiger partial charge in [-0.25, -0.2) is 4.79 Å². The van der Waals surface area contributed by atoms with Gasteiger partial charge in [0, 0.05) is 6.04 Å². The summed E-state index contributed by atoms with van der Waals surface area (Å²) in [6, 6.07) is 0.468. The molecule has 1 rings (SSSR count). The molecule has 5 heteroatoms. The van der Waals surface area contributed by atoms with Crippen LogP contribution in [0, 0.1) is 5.92 Å². The molecule has 0 fully saturated rings. The molecule has 0 aliphatic carbocycles. The summed E-state index contributed by atoms with van der Waals surface area (Å²) in [4.78, 5) is 14.3. The number of nitrogens with one attached hydrogen (secondary N) is 1. The van der Waals surface area contributed by atoms with Crippen molar-refractivity contribution >= 4 is 12.0 Å². The van der Waals surface area contributed by atoms with Crippen LogP contribution < -0.4 is 5.32 Å². The van der Waals surface area contributed by atoms with E-state index in [-0.39, 0.29) is 17.8 Å². The van der Waals surface area contributed by atoms with E-state index in [0.717, 1.165) is 12.7 Å². The van der Waals surface area contributed by atoms with E-state index in [4.69, 9.17) is 9.52 Å². The van der Waals surface area contributed by atoms with Crippen LogP contribution in [0.2, 0.25) is 0 Å². The first-order chi connectivity index (χ1) is 7.04. The first-order valence-electron chi connectivity index (χ1n) is 5.00. The van der Waals surface area contributed by atoms with Crippen molar-refractivity contribution in [3.63, 3.8) is 0 Å². The van der Waals surface area contributed by atoms with Crippen LogP contribution >= 0.6 is 0 Å². The fourth-order valence-corrected chi connectivity index (χ4v) is 1.13. The number of anilines is 1. The van der Waals surface area contributed by atoms with E-state index >= 15 is 0 Å². The number of carbonyl (C=O) groups is 1. The van der Waals surface area contributed by atoms with Gasteiger partial charge >= 0.3 is 5.97 Å². The highest BCUT2D eigenvalue weighted by atomic mass is 16.4. The Hall–Kier alpha value is -1.52. The maximum Gasteiger partial charge on any atom is 0.357 e. The van der Waals surface area contributed by atoms with E-state index in [2.05, 4.69) is 24.1 Å². The second-order valence-electron chi connectivity index (χ2n) is 3.66. The van der Waals surface area contributed by atoms with E-state index < -0.39 is 5.97 Å². The molecular formula is C10H16N2O3. The predicted octanol–water partition coefficient (Wildman–Crippen LogP) is 2.22. The molecular weight excluding hydrogens is 196 g/mol. The molecule has 0 radical (unpaired) electrons. The Kier molecular flexibility index (Phi) is 3.71. The van der Waals surface area contributed by atoms with Gasteiger partial charge in [-0.1, -0.05) is 20.3 Å². The van der Waals surface area contributed by atoms with Gasteiger partial charge in [-0.2, -0.15) is 4.98 Å². The lowest BCUT2D eigenvalue weighted by Crippen LogP contribution is -2.23. The minimum atomic E-state index is -1.08. The van der Waals surface area contributed by atoms with Crippen molar-refractivity contribution in [2.45, 2.75) is 33.2 Å². The molecule has 0 aliphatic rings. The summed E-state index contributed by atoms with van der Waals surface area (Å²) in [5, 5.41) is 11.7. The van der Waals surface area contributed by atoms with Crippen molar-refractivity contribution in [1.82, 2.24) is 4.98 Å². The average molecular weight is 212 g/mol. The summed E-state index contributed by atoms with van der Waals surface area (Å²) in [5.74, 6) is -0.604. The third kappa shape index (κ3) is 2.97. The Bertz CT molecular complexity index is 335. The second-order valence-corrected chi connectivity index (χ2v) is 3.66. The molecule has 2 unspecified atom stereocenters. The zero-order chi connectivity index (χ0) is 11.4. The number of nitrogens with zero attached hydrogens (tertiary/aromatic N) is 1. The molecule has 1 heterocycles. The summed E-state index contributed by atoms with van der Waals surface area (Å²) in [6.45, 7) is 6.22. The summed E-state index contributed by atoms with van der Waals surface area (Å²) in [5.41, 5.74) is -0.0751. The summed E-state index contributed by atoms with van der Waals surface area (Å²) < 4.78 is 4.99. The fourth-order valence-electron chi connectivity index (χ4n) is 1.13. The zero-order valence-corrected chi connectivity index (χ0v) is 9.15. The normalized spacial score (nSPS) is 14.6. The standard InChI is InChI=1S/C10H16N2O3/c1-4-6(2)7(3)11-10-12-8(5-15-10)9(13)14/h5-7H,4H2,1-3H3,(H,11,12)(H,13,14). The zero-order valence-electron chi connectivity index (χ0n) is 9.15. The fraction of sp³-hybridized carbons (Fsp3) is 0.600. The summed E-state index contributed by atoms with van der Waals surface area (Å²) in [6.07, 6.45) is 2.18. The molecule has 0 spiro atoms. The molecule has 1 aromatic rings. The molecule has 0 aliphatic heterocycles. The van der Waals surface area contributed by atoms with Crippen LogP contribution in [0.1, 0.15) is 37.7 Å². The van der Waals surface area contributed by atoms with Crippen LogP contribution in [0.3, 0.4) is 0 Å². The SMILES string of the molecule is CCC(C)C(C)Nc1nc(C(=O)O)co1. The highest BCUT2D eigenvalue weighted by Gasteiger charge is 2.14. The van der Waals surface area contributed by atoms with Crippen LogP contribution in [0.15, 0.2) is 10.7 Å². The second kappa shape index (κ2) is 4.82. The Labute approximate surface area is 88.5 Å². The molecule has 2 N–H and O–H groups in total. The lowest BCUT2D eigenvalue weighted by molar-refractivity contribution is 0.0690. The Morgan fingerprint density at radius 1 is 1.67 bits per heavy atom. The molecule has 0 saturated carbocycles. The third-order valence-electron chi connectivity index (χ3n) is 2.57. The van der Waals surface area contributed by atoms with Crippen molar-refractivity contribution in [2.24, 2.45) is 5.92 Å². The largest absolute Gasteiger partial charge is 0.476 e. The number of carboxylic acids is 1. The van der Waals surface area contributed by atoms with Crippen molar-refractivity contribution in [1.29, 1.82) is 0 Å². The van der Waals surface area contributed by atoms with Crippen molar-refractivity contribution in [2.75, 3.05) is 5.32 Å². The molecule has 15 heavy (non-hydrogen) atoms. The molecule has 0 saturated heterocycles. The minimum absolute atomic E-state index is 0.0751. The van der Waals surface area contributed by atoms with Gasteiger partial charge in [0.1, 0.15) is 6.26 Å². The molecule has 5 nitrogen and oxygen atoms in total. The van der Waals surface area contributed by atoms with E-state index in [1.54, 1.807) is 0 Å². The number of hydrogen-bond acceptors (Lipinski definition) is 4. The quantitative estimate of drug-likeness (QED) is 0.782. The first-order valence-corrected chi connectivity index (χ1v) is 5.00. The van der Waals surface area contributed by atoms with Gasteiger partial charge in [-0.3, -0.25) is 0 Å². The third-order valence-corrected chi connectivity index (χ3v) is 2.57. The van der Waals surface area contributed by atoms with Gasteiger partial charge < -0.3 is 14.8 Å². The smallest absolute Gasteiger partial charge is 0.357 e. The van der Waals surface area contributed by atoms with Gasteiger partial charge in [0.2, 0.25) is 0 Å². The number of oxazole rings is 1. The number of hydrogen-bond donors (Lipinski definition) is 2. The molecule has 0 bridgehead atoms. The van der Waals surface area contributed by atoms with Gasteiger partial charge in [0.15, 0.2) is 5.69 Å². The van der Waals surface area contributed by atoms with Gasteiger partial charge in [0.05, 0.1) is 0 Å². The first kappa shape index (κ1) is 11.6. The topological polar surface area (TPSA) is 75.4 Å². The van der Waals surface area contributed by atoms with Gasteiger partial charge in [0.25, 0.3) is 6.01 Å². The highest BCUT2D eigenvalue weighted by Crippen LogP contribution is 2.14. The summed E-state index contributed by atoms with van der Waals surface area (Å²) >= 11 is 0. The Morgan fingerprint density at radius 3 is 2.80 bits per heavy atom. The lowest BCUT2D eigenvalue weighted by atomic mass is 10.0. The molecule has 0 aromatic carbocycles. The molecule has 2 atom stereocenters. The minimum Gasteiger partial charge on any atom is -0.476 e. The van der Waals surface area contributed by atoms with Crippen LogP contribution in [0.5, 0.6) is 0 Å². The van der Waals surface area contributed by atoms with E-state index in [1.165, 1.54) is 0 Å². The van der Waals surface area contributed by atoms with Crippen LogP contribution in [0.4, 0.5) is 6.01 Å².